The molecule has 3 rings (SSSR count). The lowest BCUT2D eigenvalue weighted by Crippen LogP contribution is -2.36. The van der Waals surface area contributed by atoms with Crippen LogP contribution in [0.2, 0.25) is 0 Å². The summed E-state index contributed by atoms with van der Waals surface area (Å²) in [6.07, 6.45) is 0. The number of hydrogen-bond donors (Lipinski definition) is 2. The van der Waals surface area contributed by atoms with Gasteiger partial charge in [-0.05, 0) is 44.3 Å². The minimum Gasteiger partial charge on any atom is -0.378 e. The van der Waals surface area contributed by atoms with Crippen LogP contribution < -0.4 is 15.5 Å². The fourth-order valence-electron chi connectivity index (χ4n) is 3.47. The van der Waals surface area contributed by atoms with Gasteiger partial charge in [-0.1, -0.05) is 6.07 Å². The van der Waals surface area contributed by atoms with Crippen LogP contribution in [-0.2, 0) is 14.3 Å². The lowest BCUT2D eigenvalue weighted by atomic mass is 10.1. The maximum absolute atomic E-state index is 12.3. The smallest absolute Gasteiger partial charge is 0.274 e. The maximum atomic E-state index is 12.3. The lowest BCUT2D eigenvalue weighted by molar-refractivity contribution is -0.385. The number of amides is 2. The van der Waals surface area contributed by atoms with Crippen LogP contribution in [0.5, 0.6) is 0 Å². The van der Waals surface area contributed by atoms with Crippen molar-refractivity contribution in [2.45, 2.75) is 6.92 Å². The van der Waals surface area contributed by atoms with Crippen molar-refractivity contribution in [2.75, 3.05) is 62.0 Å². The van der Waals surface area contributed by atoms with Crippen molar-refractivity contribution in [2.24, 2.45) is 0 Å². The molecule has 2 aromatic rings. The molecule has 10 nitrogen and oxygen atoms in total. The topological polar surface area (TPSA) is 117 Å². The quantitative estimate of drug-likeness (QED) is 0.477. The normalized spacial score (nSPS) is 13.7. The molecule has 0 aliphatic carbocycles. The summed E-state index contributed by atoms with van der Waals surface area (Å²) in [7, 11) is 1.65. The van der Waals surface area contributed by atoms with E-state index in [-0.39, 0.29) is 30.6 Å². The summed E-state index contributed by atoms with van der Waals surface area (Å²) in [4.78, 5) is 39.0. The Balaban J connectivity index is 1.47. The Morgan fingerprint density at radius 1 is 1.06 bits per heavy atom. The summed E-state index contributed by atoms with van der Waals surface area (Å²) in [6.45, 7) is 4.66. The van der Waals surface area contributed by atoms with E-state index in [1.807, 2.05) is 24.3 Å². The standard InChI is InChI=1S/C22H27N5O5/c1-16-19(4-3-5-20(16)27(30)31)24-22(29)15-25(2)14-21(28)23-17-6-8-18(9-7-17)26-10-12-32-13-11-26/h3-9H,10-15H2,1-2H3,(H,23,28)(H,24,29). The summed E-state index contributed by atoms with van der Waals surface area (Å²) < 4.78 is 5.36. The number of morpholine rings is 1. The van der Waals surface area contributed by atoms with Gasteiger partial charge in [0.2, 0.25) is 11.8 Å². The van der Waals surface area contributed by atoms with E-state index >= 15 is 0 Å². The van der Waals surface area contributed by atoms with E-state index < -0.39 is 4.92 Å². The van der Waals surface area contributed by atoms with Gasteiger partial charge in [0, 0.05) is 30.5 Å². The number of nitro benzene ring substituents is 1. The van der Waals surface area contributed by atoms with E-state index in [9.17, 15) is 19.7 Å². The van der Waals surface area contributed by atoms with Gasteiger partial charge in [-0.2, -0.15) is 0 Å². The SMILES string of the molecule is Cc1c(NC(=O)CN(C)CC(=O)Nc2ccc(N3CCOCC3)cc2)cccc1[N+](=O)[O-]. The molecule has 0 radical (unpaired) electrons. The van der Waals surface area contributed by atoms with Crippen molar-refractivity contribution >= 4 is 34.6 Å². The van der Waals surface area contributed by atoms with Crippen LogP contribution in [-0.4, -0.2) is 68.1 Å². The van der Waals surface area contributed by atoms with E-state index in [1.54, 1.807) is 24.9 Å². The van der Waals surface area contributed by atoms with Crippen LogP contribution in [0, 0.1) is 17.0 Å². The number of carbonyl (C=O) groups excluding carboxylic acids is 2. The van der Waals surface area contributed by atoms with Crippen molar-refractivity contribution in [1.29, 1.82) is 0 Å². The molecule has 1 aliphatic heterocycles. The highest BCUT2D eigenvalue weighted by atomic mass is 16.6. The number of nitrogens with one attached hydrogen (secondary N) is 2. The fourth-order valence-corrected chi connectivity index (χ4v) is 3.47. The Labute approximate surface area is 186 Å². The average Bonchev–Trinajstić information content (AvgIpc) is 2.76. The molecule has 1 aliphatic rings. The number of hydrogen-bond acceptors (Lipinski definition) is 7. The van der Waals surface area contributed by atoms with E-state index in [0.717, 1.165) is 18.8 Å². The van der Waals surface area contributed by atoms with Crippen LogP contribution >= 0.6 is 0 Å². The Morgan fingerprint density at radius 2 is 1.69 bits per heavy atom. The zero-order valence-corrected chi connectivity index (χ0v) is 18.2. The minimum absolute atomic E-state index is 0.0204. The first kappa shape index (κ1) is 23.2. The van der Waals surface area contributed by atoms with Gasteiger partial charge < -0.3 is 20.3 Å². The van der Waals surface area contributed by atoms with E-state index in [4.69, 9.17) is 4.74 Å². The summed E-state index contributed by atoms with van der Waals surface area (Å²) in [5, 5.41) is 16.5. The molecular formula is C22H27N5O5. The largest absolute Gasteiger partial charge is 0.378 e. The monoisotopic (exact) mass is 441 g/mol. The molecule has 0 unspecified atom stereocenters. The highest BCUT2D eigenvalue weighted by molar-refractivity contribution is 5.95. The van der Waals surface area contributed by atoms with Crippen molar-refractivity contribution in [3.63, 3.8) is 0 Å². The first-order chi connectivity index (χ1) is 15.3. The molecule has 0 atom stereocenters. The molecule has 0 aromatic heterocycles. The predicted octanol–water partition coefficient (Wildman–Crippen LogP) is 2.25. The Kier molecular flexibility index (Phi) is 7.74. The number of ether oxygens (including phenoxy) is 1. The van der Waals surface area contributed by atoms with Gasteiger partial charge in [-0.25, -0.2) is 0 Å². The predicted molar refractivity (Wildman–Crippen MR) is 122 cm³/mol. The van der Waals surface area contributed by atoms with Crippen LogP contribution in [0.15, 0.2) is 42.5 Å². The van der Waals surface area contributed by atoms with Crippen LogP contribution in [0.4, 0.5) is 22.7 Å². The first-order valence-corrected chi connectivity index (χ1v) is 10.3. The van der Waals surface area contributed by atoms with Gasteiger partial charge in [0.05, 0.1) is 42.5 Å². The van der Waals surface area contributed by atoms with Gasteiger partial charge in [0.25, 0.3) is 5.69 Å². The van der Waals surface area contributed by atoms with Gasteiger partial charge >= 0.3 is 0 Å². The molecule has 1 heterocycles. The van der Waals surface area contributed by atoms with E-state index in [1.165, 1.54) is 12.1 Å². The number of rotatable bonds is 8. The van der Waals surface area contributed by atoms with Crippen LogP contribution in [0.25, 0.3) is 0 Å². The number of nitrogens with zero attached hydrogens (tertiary/aromatic N) is 3. The third-order valence-corrected chi connectivity index (χ3v) is 5.13. The van der Waals surface area contributed by atoms with Gasteiger partial charge in [0.15, 0.2) is 0 Å². The van der Waals surface area contributed by atoms with Crippen molar-refractivity contribution in [3.8, 4) is 0 Å². The number of benzene rings is 2. The number of carbonyl (C=O) groups is 2. The Morgan fingerprint density at radius 3 is 2.31 bits per heavy atom. The molecule has 2 amide bonds. The highest BCUT2D eigenvalue weighted by Crippen LogP contribution is 2.25. The molecule has 1 saturated heterocycles. The average molecular weight is 441 g/mol. The molecule has 0 bridgehead atoms. The maximum Gasteiger partial charge on any atom is 0.274 e. The summed E-state index contributed by atoms with van der Waals surface area (Å²) in [6, 6.07) is 12.1. The van der Waals surface area contributed by atoms with E-state index in [2.05, 4.69) is 15.5 Å². The van der Waals surface area contributed by atoms with Crippen LogP contribution in [0.3, 0.4) is 0 Å². The summed E-state index contributed by atoms with van der Waals surface area (Å²) in [5.41, 5.74) is 2.46. The lowest BCUT2D eigenvalue weighted by Gasteiger charge is -2.28. The first-order valence-electron chi connectivity index (χ1n) is 10.3. The summed E-state index contributed by atoms with van der Waals surface area (Å²) >= 11 is 0. The molecule has 1 fully saturated rings. The second-order valence-corrected chi connectivity index (χ2v) is 7.62. The summed E-state index contributed by atoms with van der Waals surface area (Å²) in [5.74, 6) is -0.607. The number of likely N-dealkylation sites (N-methyl/N-ethyl adjacent to an activating group) is 1. The zero-order chi connectivity index (χ0) is 23.1. The second kappa shape index (κ2) is 10.7. The molecular weight excluding hydrogens is 414 g/mol. The number of anilines is 3. The third-order valence-electron chi connectivity index (χ3n) is 5.13. The minimum atomic E-state index is -0.491. The van der Waals surface area contributed by atoms with Gasteiger partial charge in [-0.3, -0.25) is 24.6 Å². The molecule has 2 N–H and O–H groups in total. The Hall–Kier alpha value is -3.50. The highest BCUT2D eigenvalue weighted by Gasteiger charge is 2.17. The van der Waals surface area contributed by atoms with Gasteiger partial charge in [0.1, 0.15) is 0 Å². The van der Waals surface area contributed by atoms with Gasteiger partial charge in [-0.15, -0.1) is 0 Å². The van der Waals surface area contributed by atoms with Crippen molar-refractivity contribution < 1.29 is 19.2 Å². The third kappa shape index (κ3) is 6.25. The molecule has 0 saturated carbocycles. The van der Waals surface area contributed by atoms with Crippen molar-refractivity contribution in [3.05, 3.63) is 58.1 Å². The second-order valence-electron chi connectivity index (χ2n) is 7.62. The molecule has 0 spiro atoms. The van der Waals surface area contributed by atoms with E-state index in [0.29, 0.717) is 30.2 Å². The molecule has 10 heteroatoms. The van der Waals surface area contributed by atoms with Crippen molar-refractivity contribution in [1.82, 2.24) is 4.90 Å². The zero-order valence-electron chi connectivity index (χ0n) is 18.2. The fraction of sp³-hybridized carbons (Fsp3) is 0.364. The molecule has 32 heavy (non-hydrogen) atoms. The molecule has 170 valence electrons. The molecule has 2 aromatic carbocycles. The number of nitro groups is 1. The van der Waals surface area contributed by atoms with Crippen LogP contribution in [0.1, 0.15) is 5.56 Å². The Bertz CT molecular complexity index is 973.